The van der Waals surface area contributed by atoms with Gasteiger partial charge in [0.2, 0.25) is 0 Å². The van der Waals surface area contributed by atoms with Gasteiger partial charge >= 0.3 is 0 Å². The van der Waals surface area contributed by atoms with Crippen molar-refractivity contribution in [3.05, 3.63) is 59.7 Å². The van der Waals surface area contributed by atoms with Gasteiger partial charge in [-0.1, -0.05) is 42.1 Å². The van der Waals surface area contributed by atoms with E-state index in [0.29, 0.717) is 5.17 Å². The number of nitrogens with two attached hydrogens (primary N) is 1. The molecular formula is C21H25N3O2S. The van der Waals surface area contributed by atoms with Crippen molar-refractivity contribution in [1.29, 1.82) is 0 Å². The average Bonchev–Trinajstić information content (AvgIpc) is 3.20. The number of ether oxygens (including phenoxy) is 2. The standard InChI is InChI=1S/C21H25N3O2S/c1-25-19-12-11-17(13-20(19)26-18-9-5-6-10-18)14-23-24-21(22)27-15-16-7-3-2-4-8-16/h2-4,7-8,11-14,18H,5-6,9-10,15H2,1H3,(H2,22,24). The van der Waals surface area contributed by atoms with Gasteiger partial charge < -0.3 is 15.2 Å². The molecule has 0 aromatic heterocycles. The van der Waals surface area contributed by atoms with E-state index < -0.39 is 0 Å². The van der Waals surface area contributed by atoms with Gasteiger partial charge in [0.1, 0.15) is 0 Å². The minimum absolute atomic E-state index is 0.272. The van der Waals surface area contributed by atoms with Crippen molar-refractivity contribution in [3.63, 3.8) is 0 Å². The molecule has 3 rings (SSSR count). The zero-order valence-electron chi connectivity index (χ0n) is 15.5. The van der Waals surface area contributed by atoms with Gasteiger partial charge in [0.05, 0.1) is 19.4 Å². The molecule has 0 radical (unpaired) electrons. The lowest BCUT2D eigenvalue weighted by atomic mass is 10.2. The van der Waals surface area contributed by atoms with E-state index in [2.05, 4.69) is 22.3 Å². The fraction of sp³-hybridized carbons (Fsp3) is 0.333. The Balaban J connectivity index is 1.60. The van der Waals surface area contributed by atoms with Crippen LogP contribution >= 0.6 is 11.8 Å². The first-order chi connectivity index (χ1) is 13.2. The van der Waals surface area contributed by atoms with Crippen LogP contribution in [0.4, 0.5) is 0 Å². The fourth-order valence-electron chi connectivity index (χ4n) is 2.96. The molecule has 0 bridgehead atoms. The highest BCUT2D eigenvalue weighted by molar-refractivity contribution is 8.13. The molecule has 27 heavy (non-hydrogen) atoms. The Labute approximate surface area is 164 Å². The number of hydrogen-bond donors (Lipinski definition) is 1. The Kier molecular flexibility index (Phi) is 7.16. The van der Waals surface area contributed by atoms with Gasteiger partial charge in [0, 0.05) is 5.75 Å². The summed E-state index contributed by atoms with van der Waals surface area (Å²) in [7, 11) is 1.65. The molecule has 1 aliphatic carbocycles. The minimum Gasteiger partial charge on any atom is -0.493 e. The van der Waals surface area contributed by atoms with Crippen LogP contribution in [0, 0.1) is 0 Å². The van der Waals surface area contributed by atoms with Crippen LogP contribution in [0.1, 0.15) is 36.8 Å². The number of methoxy groups -OCH3 is 1. The van der Waals surface area contributed by atoms with E-state index in [9.17, 15) is 0 Å². The molecule has 142 valence electrons. The lowest BCUT2D eigenvalue weighted by Crippen LogP contribution is -2.11. The van der Waals surface area contributed by atoms with Crippen LogP contribution in [0.15, 0.2) is 58.7 Å². The maximum atomic E-state index is 6.10. The number of rotatable bonds is 7. The SMILES string of the molecule is COc1ccc(C=NN=C(N)SCc2ccccc2)cc1OC1CCCC1. The van der Waals surface area contributed by atoms with Crippen LogP contribution in [-0.2, 0) is 5.75 Å². The van der Waals surface area contributed by atoms with Crippen molar-refractivity contribution in [2.75, 3.05) is 7.11 Å². The number of thioether (sulfide) groups is 1. The van der Waals surface area contributed by atoms with Gasteiger partial charge in [0.25, 0.3) is 0 Å². The molecule has 0 heterocycles. The van der Waals surface area contributed by atoms with E-state index in [1.807, 2.05) is 36.4 Å². The van der Waals surface area contributed by atoms with Crippen molar-refractivity contribution in [2.45, 2.75) is 37.5 Å². The van der Waals surface area contributed by atoms with Crippen molar-refractivity contribution in [2.24, 2.45) is 15.9 Å². The van der Waals surface area contributed by atoms with Gasteiger partial charge in [-0.3, -0.25) is 0 Å². The monoisotopic (exact) mass is 383 g/mol. The van der Waals surface area contributed by atoms with Gasteiger partial charge in [-0.25, -0.2) is 0 Å². The van der Waals surface area contributed by atoms with Crippen molar-refractivity contribution >= 4 is 23.1 Å². The Hall–Kier alpha value is -2.47. The third-order valence-corrected chi connectivity index (χ3v) is 5.23. The molecule has 1 aliphatic rings. The number of nitrogens with zero attached hydrogens (tertiary/aromatic N) is 2. The van der Waals surface area contributed by atoms with E-state index in [1.54, 1.807) is 13.3 Å². The lowest BCUT2D eigenvalue weighted by Gasteiger charge is -2.16. The topological polar surface area (TPSA) is 69.2 Å². The van der Waals surface area contributed by atoms with Gasteiger partial charge in [0.15, 0.2) is 16.7 Å². The Morgan fingerprint density at radius 3 is 2.67 bits per heavy atom. The van der Waals surface area contributed by atoms with E-state index in [-0.39, 0.29) is 6.10 Å². The molecule has 0 saturated heterocycles. The maximum absolute atomic E-state index is 6.10. The summed E-state index contributed by atoms with van der Waals surface area (Å²) >= 11 is 1.46. The highest BCUT2D eigenvalue weighted by Gasteiger charge is 2.18. The first-order valence-corrected chi connectivity index (χ1v) is 10.1. The molecule has 5 nitrogen and oxygen atoms in total. The zero-order valence-corrected chi connectivity index (χ0v) is 16.3. The van der Waals surface area contributed by atoms with Crippen LogP contribution in [0.3, 0.4) is 0 Å². The molecule has 2 aromatic carbocycles. The van der Waals surface area contributed by atoms with Crippen LogP contribution in [0.5, 0.6) is 11.5 Å². The molecule has 6 heteroatoms. The Morgan fingerprint density at radius 1 is 1.15 bits per heavy atom. The number of benzene rings is 2. The third kappa shape index (κ3) is 6.03. The number of hydrogen-bond acceptors (Lipinski definition) is 5. The van der Waals surface area contributed by atoms with Crippen molar-refractivity contribution in [3.8, 4) is 11.5 Å². The predicted octanol–water partition coefficient (Wildman–Crippen LogP) is 4.60. The molecule has 1 saturated carbocycles. The van der Waals surface area contributed by atoms with E-state index in [1.165, 1.54) is 30.2 Å². The first kappa shape index (κ1) is 19.3. The van der Waals surface area contributed by atoms with Gasteiger partial charge in [-0.2, -0.15) is 5.10 Å². The molecule has 2 N–H and O–H groups in total. The lowest BCUT2D eigenvalue weighted by molar-refractivity contribution is 0.201. The molecule has 0 atom stereocenters. The predicted molar refractivity (Wildman–Crippen MR) is 113 cm³/mol. The van der Waals surface area contributed by atoms with Crippen molar-refractivity contribution < 1.29 is 9.47 Å². The van der Waals surface area contributed by atoms with E-state index in [4.69, 9.17) is 15.2 Å². The molecular weight excluding hydrogens is 358 g/mol. The molecule has 0 spiro atoms. The zero-order chi connectivity index (χ0) is 18.9. The van der Waals surface area contributed by atoms with Gasteiger partial charge in [-0.15, -0.1) is 5.10 Å². The summed E-state index contributed by atoms with van der Waals surface area (Å²) < 4.78 is 11.5. The summed E-state index contributed by atoms with van der Waals surface area (Å²) in [5, 5.41) is 8.60. The van der Waals surface area contributed by atoms with Gasteiger partial charge in [-0.05, 0) is 55.0 Å². The largest absolute Gasteiger partial charge is 0.493 e. The van der Waals surface area contributed by atoms with E-state index >= 15 is 0 Å². The normalized spacial score (nSPS) is 15.4. The second-order valence-electron chi connectivity index (χ2n) is 6.39. The Bertz CT molecular complexity index is 787. The molecule has 2 aromatic rings. The summed E-state index contributed by atoms with van der Waals surface area (Å²) in [5.74, 6) is 2.26. The van der Waals surface area contributed by atoms with Crippen LogP contribution in [0.25, 0.3) is 0 Å². The second-order valence-corrected chi connectivity index (χ2v) is 7.39. The molecule has 0 aliphatic heterocycles. The van der Waals surface area contributed by atoms with Crippen LogP contribution in [-0.4, -0.2) is 24.6 Å². The summed E-state index contributed by atoms with van der Waals surface area (Å²) in [6, 6.07) is 15.9. The molecule has 1 fully saturated rings. The summed E-state index contributed by atoms with van der Waals surface area (Å²) in [6.45, 7) is 0. The minimum atomic E-state index is 0.272. The number of amidine groups is 1. The molecule has 0 amide bonds. The first-order valence-electron chi connectivity index (χ1n) is 9.12. The second kappa shape index (κ2) is 10.0. The summed E-state index contributed by atoms with van der Waals surface area (Å²) in [4.78, 5) is 0. The van der Waals surface area contributed by atoms with Crippen LogP contribution in [0.2, 0.25) is 0 Å². The fourth-order valence-corrected chi connectivity index (χ4v) is 3.58. The Morgan fingerprint density at radius 2 is 1.93 bits per heavy atom. The summed E-state index contributed by atoms with van der Waals surface area (Å²) in [6.07, 6.45) is 6.60. The highest BCUT2D eigenvalue weighted by Crippen LogP contribution is 2.32. The smallest absolute Gasteiger partial charge is 0.180 e. The van der Waals surface area contributed by atoms with Crippen LogP contribution < -0.4 is 15.2 Å². The average molecular weight is 384 g/mol. The quantitative estimate of drug-likeness (QED) is 0.431. The molecule has 0 unspecified atom stereocenters. The maximum Gasteiger partial charge on any atom is 0.180 e. The highest BCUT2D eigenvalue weighted by atomic mass is 32.2. The summed E-state index contributed by atoms with van der Waals surface area (Å²) in [5.41, 5.74) is 8.02. The van der Waals surface area contributed by atoms with Crippen molar-refractivity contribution in [1.82, 2.24) is 0 Å². The van der Waals surface area contributed by atoms with E-state index in [0.717, 1.165) is 35.7 Å². The third-order valence-electron chi connectivity index (χ3n) is 4.38.